The average Bonchev–Trinajstić information content (AvgIpc) is 2.64. The van der Waals surface area contributed by atoms with Crippen LogP contribution in [0.3, 0.4) is 0 Å². The molecule has 2 aliphatic rings. The number of nitrogens with zero attached hydrogens (tertiary/aromatic N) is 2. The van der Waals surface area contributed by atoms with Crippen LogP contribution in [0.4, 0.5) is 5.82 Å². The van der Waals surface area contributed by atoms with E-state index in [1.165, 1.54) is 11.3 Å². The molecule has 12 heavy (non-hydrogen) atoms. The molecule has 3 rings (SSSR count). The highest BCUT2D eigenvalue weighted by Gasteiger charge is 2.18. The van der Waals surface area contributed by atoms with E-state index in [1.54, 1.807) is 6.20 Å². The second-order valence-electron chi connectivity index (χ2n) is 2.78. The number of thioether (sulfide) groups is 1. The van der Waals surface area contributed by atoms with E-state index in [0.29, 0.717) is 0 Å². The molecule has 1 aromatic heterocycles. The van der Waals surface area contributed by atoms with Gasteiger partial charge in [0.15, 0.2) is 0 Å². The summed E-state index contributed by atoms with van der Waals surface area (Å²) in [6, 6.07) is 1.97. The summed E-state index contributed by atoms with van der Waals surface area (Å²) in [7, 11) is 0. The van der Waals surface area contributed by atoms with Crippen LogP contribution in [-0.2, 0) is 0 Å². The molecule has 60 valence electrons. The first-order valence-corrected chi connectivity index (χ1v) is 4.82. The minimum absolute atomic E-state index is 1.05. The van der Waals surface area contributed by atoms with Crippen molar-refractivity contribution >= 4 is 23.8 Å². The molecule has 0 spiro atoms. The summed E-state index contributed by atoms with van der Waals surface area (Å²) in [4.78, 5) is 0. The number of rotatable bonds is 0. The molecular formula is C8H7N3S. The third-order valence-corrected chi connectivity index (χ3v) is 2.88. The number of aromatic nitrogens is 2. The molecule has 0 amide bonds. The SMILES string of the molecule is C1=C2CSC=C2Nc2ccnn21. The summed E-state index contributed by atoms with van der Waals surface area (Å²) >= 11 is 1.82. The molecule has 3 nitrogen and oxygen atoms in total. The molecule has 1 N–H and O–H groups in total. The molecule has 0 saturated carbocycles. The van der Waals surface area contributed by atoms with Crippen molar-refractivity contribution in [1.29, 1.82) is 0 Å². The number of hydrogen-bond donors (Lipinski definition) is 1. The molecule has 0 atom stereocenters. The Bertz CT molecular complexity index is 389. The molecule has 4 heteroatoms. The fourth-order valence-corrected chi connectivity index (χ4v) is 2.26. The van der Waals surface area contributed by atoms with Crippen LogP contribution in [0.25, 0.3) is 6.20 Å². The van der Waals surface area contributed by atoms with Gasteiger partial charge in [0.1, 0.15) is 5.82 Å². The van der Waals surface area contributed by atoms with Gasteiger partial charge in [-0.25, -0.2) is 4.68 Å². The van der Waals surface area contributed by atoms with Crippen LogP contribution in [0.5, 0.6) is 0 Å². The van der Waals surface area contributed by atoms with Crippen molar-refractivity contribution in [3.63, 3.8) is 0 Å². The van der Waals surface area contributed by atoms with E-state index in [-0.39, 0.29) is 0 Å². The lowest BCUT2D eigenvalue weighted by atomic mass is 10.2. The summed E-state index contributed by atoms with van der Waals surface area (Å²) in [6.45, 7) is 0. The third kappa shape index (κ3) is 0.754. The van der Waals surface area contributed by atoms with E-state index in [1.807, 2.05) is 22.5 Å². The molecule has 0 saturated heterocycles. The lowest BCUT2D eigenvalue weighted by Gasteiger charge is -2.14. The van der Waals surface area contributed by atoms with E-state index in [9.17, 15) is 0 Å². The predicted octanol–water partition coefficient (Wildman–Crippen LogP) is 1.74. The topological polar surface area (TPSA) is 29.9 Å². The van der Waals surface area contributed by atoms with Gasteiger partial charge in [0, 0.05) is 23.6 Å². The first kappa shape index (κ1) is 6.37. The Kier molecular flexibility index (Phi) is 1.15. The molecule has 1 aromatic rings. The van der Waals surface area contributed by atoms with E-state index in [0.717, 1.165) is 11.6 Å². The van der Waals surface area contributed by atoms with E-state index in [4.69, 9.17) is 0 Å². The van der Waals surface area contributed by atoms with Gasteiger partial charge in [-0.15, -0.1) is 11.8 Å². The molecule has 0 fully saturated rings. The van der Waals surface area contributed by atoms with Crippen molar-refractivity contribution < 1.29 is 0 Å². The number of allylic oxidation sites excluding steroid dienone is 1. The minimum atomic E-state index is 1.05. The maximum absolute atomic E-state index is 4.16. The Hall–Kier alpha value is -1.16. The molecule has 0 aromatic carbocycles. The zero-order valence-corrected chi connectivity index (χ0v) is 7.14. The molecule has 0 unspecified atom stereocenters. The monoisotopic (exact) mass is 177 g/mol. The van der Waals surface area contributed by atoms with Crippen molar-refractivity contribution in [3.05, 3.63) is 28.9 Å². The smallest absolute Gasteiger partial charge is 0.133 e. The minimum Gasteiger partial charge on any atom is -0.339 e. The second-order valence-corrected chi connectivity index (χ2v) is 3.64. The van der Waals surface area contributed by atoms with Gasteiger partial charge in [-0.05, 0) is 5.41 Å². The molecule has 3 heterocycles. The first-order valence-electron chi connectivity index (χ1n) is 3.77. The number of hydrogen-bond acceptors (Lipinski definition) is 3. The molecule has 2 aliphatic heterocycles. The predicted molar refractivity (Wildman–Crippen MR) is 50.7 cm³/mol. The Balaban J connectivity index is 2.18. The van der Waals surface area contributed by atoms with Crippen molar-refractivity contribution in [2.24, 2.45) is 0 Å². The summed E-state index contributed by atoms with van der Waals surface area (Å²) < 4.78 is 1.87. The standard InChI is InChI=1S/C8H7N3S/c1-2-9-11-3-6-4-12-5-7(6)10-8(1)11/h1-3,5,10H,4H2. The molecular weight excluding hydrogens is 170 g/mol. The van der Waals surface area contributed by atoms with Gasteiger partial charge < -0.3 is 5.32 Å². The van der Waals surface area contributed by atoms with Gasteiger partial charge in [0.2, 0.25) is 0 Å². The normalized spacial score (nSPS) is 19.0. The summed E-state index contributed by atoms with van der Waals surface area (Å²) in [5.41, 5.74) is 2.56. The second kappa shape index (κ2) is 2.17. The van der Waals surface area contributed by atoms with E-state index in [2.05, 4.69) is 22.0 Å². The molecule has 0 bridgehead atoms. The van der Waals surface area contributed by atoms with Gasteiger partial charge in [0.25, 0.3) is 0 Å². The first-order chi connectivity index (χ1) is 5.93. The lowest BCUT2D eigenvalue weighted by molar-refractivity contribution is 0.920. The maximum atomic E-state index is 4.16. The van der Waals surface area contributed by atoms with Crippen molar-refractivity contribution in [3.8, 4) is 0 Å². The number of anilines is 1. The largest absolute Gasteiger partial charge is 0.339 e. The summed E-state index contributed by atoms with van der Waals surface area (Å²) in [6.07, 6.45) is 3.88. The van der Waals surface area contributed by atoms with Gasteiger partial charge in [-0.3, -0.25) is 0 Å². The van der Waals surface area contributed by atoms with Crippen molar-refractivity contribution in [1.82, 2.24) is 9.78 Å². The van der Waals surface area contributed by atoms with Crippen LogP contribution in [0.2, 0.25) is 0 Å². The Morgan fingerprint density at radius 1 is 1.58 bits per heavy atom. The maximum Gasteiger partial charge on any atom is 0.133 e. The van der Waals surface area contributed by atoms with Gasteiger partial charge in [-0.1, -0.05) is 0 Å². The van der Waals surface area contributed by atoms with Crippen LogP contribution in [0, 0.1) is 0 Å². The quantitative estimate of drug-likeness (QED) is 0.654. The van der Waals surface area contributed by atoms with Gasteiger partial charge in [-0.2, -0.15) is 5.10 Å². The van der Waals surface area contributed by atoms with E-state index < -0.39 is 0 Å². The summed E-state index contributed by atoms with van der Waals surface area (Å²) in [5.74, 6) is 2.11. The Morgan fingerprint density at radius 3 is 3.58 bits per heavy atom. The van der Waals surface area contributed by atoms with Crippen molar-refractivity contribution in [2.45, 2.75) is 0 Å². The van der Waals surface area contributed by atoms with Gasteiger partial charge >= 0.3 is 0 Å². The van der Waals surface area contributed by atoms with E-state index >= 15 is 0 Å². The fourth-order valence-electron chi connectivity index (χ4n) is 1.39. The highest BCUT2D eigenvalue weighted by Crippen LogP contribution is 2.32. The Labute approximate surface area is 74.1 Å². The van der Waals surface area contributed by atoms with Crippen LogP contribution in [0.1, 0.15) is 0 Å². The number of fused-ring (bicyclic) bond motifs is 2. The molecule has 0 radical (unpaired) electrons. The third-order valence-electron chi connectivity index (χ3n) is 2.00. The highest BCUT2D eigenvalue weighted by molar-refractivity contribution is 8.02. The zero-order chi connectivity index (χ0) is 7.97. The molecule has 0 aliphatic carbocycles. The zero-order valence-electron chi connectivity index (χ0n) is 6.32. The lowest BCUT2D eigenvalue weighted by Crippen LogP contribution is -2.11. The van der Waals surface area contributed by atoms with Gasteiger partial charge in [0.05, 0.1) is 11.9 Å². The highest BCUT2D eigenvalue weighted by atomic mass is 32.2. The van der Waals surface area contributed by atoms with Crippen molar-refractivity contribution in [2.75, 3.05) is 11.1 Å². The Morgan fingerprint density at radius 2 is 2.58 bits per heavy atom. The van der Waals surface area contributed by atoms with Crippen LogP contribution in [0.15, 0.2) is 28.9 Å². The summed E-state index contributed by atoms with van der Waals surface area (Å²) in [5, 5.41) is 9.62. The van der Waals surface area contributed by atoms with Crippen LogP contribution < -0.4 is 5.32 Å². The number of nitrogens with one attached hydrogen (secondary N) is 1. The average molecular weight is 177 g/mol. The fraction of sp³-hybridized carbons (Fsp3) is 0.125. The van der Waals surface area contributed by atoms with Crippen LogP contribution >= 0.6 is 11.8 Å². The van der Waals surface area contributed by atoms with Crippen LogP contribution in [-0.4, -0.2) is 15.5 Å².